The van der Waals surface area contributed by atoms with Crippen LogP contribution in [0.5, 0.6) is 0 Å². The zero-order valence-electron chi connectivity index (χ0n) is 11.3. The van der Waals surface area contributed by atoms with Crippen LogP contribution in [0.3, 0.4) is 0 Å². The molecule has 0 aliphatic heterocycles. The Labute approximate surface area is 128 Å². The Morgan fingerprint density at radius 3 is 3.05 bits per heavy atom. The van der Waals surface area contributed by atoms with E-state index in [0.29, 0.717) is 21.9 Å². The summed E-state index contributed by atoms with van der Waals surface area (Å²) >= 11 is 1.28. The van der Waals surface area contributed by atoms with Gasteiger partial charge in [0.25, 0.3) is 5.91 Å². The fourth-order valence-corrected chi connectivity index (χ4v) is 2.65. The number of halogens is 1. The Kier molecular flexibility index (Phi) is 3.04. The van der Waals surface area contributed by atoms with Crippen molar-refractivity contribution in [2.75, 3.05) is 5.32 Å². The number of hydrogen-bond donors (Lipinski definition) is 2. The molecule has 0 saturated heterocycles. The summed E-state index contributed by atoms with van der Waals surface area (Å²) in [5, 5.41) is 7.92. The number of fused-ring (bicyclic) bond motifs is 1. The van der Waals surface area contributed by atoms with Gasteiger partial charge in [0.05, 0.1) is 0 Å². The van der Waals surface area contributed by atoms with Gasteiger partial charge in [0.15, 0.2) is 10.7 Å². The molecule has 0 bridgehead atoms. The Morgan fingerprint density at radius 1 is 1.36 bits per heavy atom. The summed E-state index contributed by atoms with van der Waals surface area (Å²) in [5.74, 6) is -0.549. The monoisotopic (exact) mass is 318 g/mol. The minimum absolute atomic E-state index is 0.175. The van der Waals surface area contributed by atoms with Crippen molar-refractivity contribution in [1.29, 1.82) is 0 Å². The molecule has 3 aromatic rings. The maximum atomic E-state index is 13.1. The lowest BCUT2D eigenvalue weighted by Gasteiger charge is -1.98. The third kappa shape index (κ3) is 2.64. The number of aromatic nitrogens is 2. The van der Waals surface area contributed by atoms with Crippen LogP contribution in [-0.2, 0) is 0 Å². The molecule has 22 heavy (non-hydrogen) atoms. The number of nitrogens with zero attached hydrogens (tertiary/aromatic N) is 2. The van der Waals surface area contributed by atoms with Crippen molar-refractivity contribution in [1.82, 2.24) is 15.3 Å². The Hall–Kier alpha value is -2.48. The predicted octanol–water partition coefficient (Wildman–Crippen LogP) is 3.06. The molecule has 1 aliphatic carbocycles. The van der Waals surface area contributed by atoms with E-state index in [1.165, 1.54) is 29.5 Å². The lowest BCUT2D eigenvalue weighted by Crippen LogP contribution is -2.25. The highest BCUT2D eigenvalue weighted by molar-refractivity contribution is 7.14. The predicted molar refractivity (Wildman–Crippen MR) is 79.9 cm³/mol. The quantitative estimate of drug-likeness (QED) is 0.773. The van der Waals surface area contributed by atoms with Crippen LogP contribution in [0.2, 0.25) is 0 Å². The normalized spacial score (nSPS) is 14.2. The van der Waals surface area contributed by atoms with Crippen LogP contribution < -0.4 is 10.6 Å². The van der Waals surface area contributed by atoms with Crippen LogP contribution in [0, 0.1) is 5.82 Å². The van der Waals surface area contributed by atoms with Crippen molar-refractivity contribution in [2.45, 2.75) is 18.9 Å². The summed E-state index contributed by atoms with van der Waals surface area (Å²) in [6, 6.07) is 4.61. The van der Waals surface area contributed by atoms with E-state index in [-0.39, 0.29) is 23.8 Å². The molecule has 2 heterocycles. The van der Waals surface area contributed by atoms with Gasteiger partial charge in [0.2, 0.25) is 0 Å². The van der Waals surface area contributed by atoms with Gasteiger partial charge in [0, 0.05) is 17.5 Å². The van der Waals surface area contributed by atoms with Crippen LogP contribution in [0.1, 0.15) is 23.3 Å². The van der Waals surface area contributed by atoms with E-state index >= 15 is 0 Å². The van der Waals surface area contributed by atoms with Gasteiger partial charge in [-0.15, -0.1) is 11.3 Å². The highest BCUT2D eigenvalue weighted by Gasteiger charge is 2.24. The second-order valence-corrected chi connectivity index (χ2v) is 5.90. The van der Waals surface area contributed by atoms with E-state index in [1.807, 2.05) is 0 Å². The molecule has 6 nitrogen and oxygen atoms in total. The number of carbonyl (C=O) groups excluding carboxylic acids is 1. The minimum atomic E-state index is -0.374. The van der Waals surface area contributed by atoms with Crippen molar-refractivity contribution in [3.05, 3.63) is 35.1 Å². The fourth-order valence-electron chi connectivity index (χ4n) is 1.97. The van der Waals surface area contributed by atoms with Gasteiger partial charge in [-0.05, 0) is 25.0 Å². The highest BCUT2D eigenvalue weighted by Crippen LogP contribution is 2.25. The molecule has 4 rings (SSSR count). The second kappa shape index (κ2) is 5.06. The number of thiazole rings is 1. The molecule has 1 fully saturated rings. The van der Waals surface area contributed by atoms with Crippen molar-refractivity contribution < 1.29 is 13.6 Å². The molecule has 2 N–H and O–H groups in total. The summed E-state index contributed by atoms with van der Waals surface area (Å²) in [6.07, 6.45) is 2.06. The molecular formula is C14H11FN4O2S. The van der Waals surface area contributed by atoms with Crippen molar-refractivity contribution >= 4 is 39.5 Å². The van der Waals surface area contributed by atoms with Crippen molar-refractivity contribution in [3.8, 4) is 0 Å². The molecule has 0 radical (unpaired) electrons. The maximum Gasteiger partial charge on any atom is 0.302 e. The second-order valence-electron chi connectivity index (χ2n) is 5.04. The first-order chi connectivity index (χ1) is 10.7. The number of rotatable bonds is 4. The number of amides is 1. The average Bonchev–Trinajstić information content (AvgIpc) is 3.03. The van der Waals surface area contributed by atoms with E-state index < -0.39 is 0 Å². The van der Waals surface area contributed by atoms with Crippen LogP contribution in [0.25, 0.3) is 11.1 Å². The van der Waals surface area contributed by atoms with Gasteiger partial charge < -0.3 is 9.73 Å². The van der Waals surface area contributed by atoms with Crippen LogP contribution in [-0.4, -0.2) is 21.9 Å². The molecule has 0 atom stereocenters. The van der Waals surface area contributed by atoms with Gasteiger partial charge in [0.1, 0.15) is 17.0 Å². The first kappa shape index (κ1) is 13.2. The first-order valence-corrected chi connectivity index (χ1v) is 7.65. The molecule has 1 saturated carbocycles. The largest absolute Gasteiger partial charge is 0.423 e. The third-order valence-corrected chi connectivity index (χ3v) is 3.97. The third-order valence-electron chi connectivity index (χ3n) is 3.21. The molecule has 1 aliphatic rings. The highest BCUT2D eigenvalue weighted by atomic mass is 32.1. The molecular weight excluding hydrogens is 307 g/mol. The summed E-state index contributed by atoms with van der Waals surface area (Å²) in [4.78, 5) is 20.2. The molecule has 0 spiro atoms. The van der Waals surface area contributed by atoms with Crippen molar-refractivity contribution in [3.63, 3.8) is 0 Å². The molecule has 1 aromatic carbocycles. The lowest BCUT2D eigenvalue weighted by atomic mass is 10.3. The molecule has 8 heteroatoms. The lowest BCUT2D eigenvalue weighted by molar-refractivity contribution is 0.0947. The van der Waals surface area contributed by atoms with E-state index in [2.05, 4.69) is 20.6 Å². The average molecular weight is 318 g/mol. The number of hydrogen-bond acceptors (Lipinski definition) is 6. The number of carbonyl (C=O) groups is 1. The number of benzene rings is 1. The smallest absolute Gasteiger partial charge is 0.302 e. The Bertz CT molecular complexity index is 856. The van der Waals surface area contributed by atoms with E-state index in [9.17, 15) is 9.18 Å². The standard InChI is InChI=1S/C14H11FN4O2S/c15-7-1-4-11-9(5-7)17-13(21-11)19-14-18-10(6-22-14)12(20)16-8-2-3-8/h1,4-6,8H,2-3H2,(H,16,20)(H,17,18,19). The molecule has 2 aromatic heterocycles. The first-order valence-electron chi connectivity index (χ1n) is 6.77. The van der Waals surface area contributed by atoms with Gasteiger partial charge in [-0.1, -0.05) is 0 Å². The Balaban J connectivity index is 1.52. The maximum absolute atomic E-state index is 13.1. The minimum Gasteiger partial charge on any atom is -0.423 e. The van der Waals surface area contributed by atoms with E-state index in [1.54, 1.807) is 5.38 Å². The molecule has 1 amide bonds. The van der Waals surface area contributed by atoms with Gasteiger partial charge in [-0.3, -0.25) is 10.1 Å². The summed E-state index contributed by atoms with van der Waals surface area (Å²) in [5.41, 5.74) is 1.26. The van der Waals surface area contributed by atoms with Gasteiger partial charge >= 0.3 is 6.01 Å². The van der Waals surface area contributed by atoms with E-state index in [0.717, 1.165) is 12.8 Å². The van der Waals surface area contributed by atoms with Crippen LogP contribution >= 0.6 is 11.3 Å². The molecule has 112 valence electrons. The Morgan fingerprint density at radius 2 is 2.23 bits per heavy atom. The summed E-state index contributed by atoms with van der Waals surface area (Å²) in [7, 11) is 0. The summed E-state index contributed by atoms with van der Waals surface area (Å²) in [6.45, 7) is 0. The SMILES string of the molecule is O=C(NC1CC1)c1csc(Nc2nc3cc(F)ccc3o2)n1. The van der Waals surface area contributed by atoms with Crippen LogP contribution in [0.4, 0.5) is 15.5 Å². The van der Waals surface area contributed by atoms with Gasteiger partial charge in [-0.25, -0.2) is 9.37 Å². The van der Waals surface area contributed by atoms with Crippen molar-refractivity contribution in [2.24, 2.45) is 0 Å². The van der Waals surface area contributed by atoms with Gasteiger partial charge in [-0.2, -0.15) is 4.98 Å². The number of nitrogens with one attached hydrogen (secondary N) is 2. The molecule has 0 unspecified atom stereocenters. The zero-order valence-corrected chi connectivity index (χ0v) is 12.1. The topological polar surface area (TPSA) is 80.0 Å². The number of oxazole rings is 1. The van der Waals surface area contributed by atoms with E-state index in [4.69, 9.17) is 4.42 Å². The fraction of sp³-hybridized carbons (Fsp3) is 0.214. The number of anilines is 2. The van der Waals surface area contributed by atoms with Crippen LogP contribution in [0.15, 0.2) is 28.0 Å². The zero-order chi connectivity index (χ0) is 15.1. The summed E-state index contributed by atoms with van der Waals surface area (Å²) < 4.78 is 18.6.